The van der Waals surface area contributed by atoms with Gasteiger partial charge < -0.3 is 5.73 Å². The summed E-state index contributed by atoms with van der Waals surface area (Å²) < 4.78 is 26.8. The molecule has 2 unspecified atom stereocenters. The lowest BCUT2D eigenvalue weighted by Crippen LogP contribution is -2.37. The molecule has 1 aromatic rings. The van der Waals surface area contributed by atoms with Crippen LogP contribution in [0, 0.1) is 17.6 Å². The Morgan fingerprint density at radius 2 is 1.90 bits per heavy atom. The summed E-state index contributed by atoms with van der Waals surface area (Å²) in [5.41, 5.74) is 6.84. The van der Waals surface area contributed by atoms with E-state index in [0.29, 0.717) is 18.5 Å². The maximum Gasteiger partial charge on any atom is 0.159 e. The van der Waals surface area contributed by atoms with E-state index in [1.165, 1.54) is 37.8 Å². The fraction of sp³-hybridized carbons (Fsp3) is 0.625. The summed E-state index contributed by atoms with van der Waals surface area (Å²) >= 11 is 0. The van der Waals surface area contributed by atoms with Gasteiger partial charge in [-0.25, -0.2) is 8.78 Å². The Kier molecular flexibility index (Phi) is 4.03. The monoisotopic (exact) mass is 280 g/mol. The Hall–Kier alpha value is -1.00. The van der Waals surface area contributed by atoms with Crippen LogP contribution >= 0.6 is 0 Å². The van der Waals surface area contributed by atoms with E-state index in [4.69, 9.17) is 5.73 Å². The molecule has 1 heterocycles. The van der Waals surface area contributed by atoms with E-state index in [1.807, 2.05) is 0 Å². The number of nitrogens with zero attached hydrogens (tertiary/aromatic N) is 1. The predicted molar refractivity (Wildman–Crippen MR) is 75.2 cm³/mol. The van der Waals surface area contributed by atoms with E-state index in [0.717, 1.165) is 18.5 Å². The van der Waals surface area contributed by atoms with Gasteiger partial charge in [-0.1, -0.05) is 12.5 Å². The molecule has 0 amide bonds. The van der Waals surface area contributed by atoms with Crippen molar-refractivity contribution in [2.24, 2.45) is 11.7 Å². The van der Waals surface area contributed by atoms with Crippen LogP contribution in [0.3, 0.4) is 0 Å². The third-order valence-electron chi connectivity index (χ3n) is 4.65. The van der Waals surface area contributed by atoms with Gasteiger partial charge in [0.15, 0.2) is 11.6 Å². The number of nitrogens with two attached hydrogens (primary N) is 1. The first-order valence-electron chi connectivity index (χ1n) is 7.61. The van der Waals surface area contributed by atoms with Gasteiger partial charge >= 0.3 is 0 Å². The van der Waals surface area contributed by atoms with Crippen molar-refractivity contribution < 1.29 is 8.78 Å². The molecule has 3 rings (SSSR count). The summed E-state index contributed by atoms with van der Waals surface area (Å²) in [6.45, 7) is 1.65. The van der Waals surface area contributed by atoms with Crippen molar-refractivity contribution in [1.82, 2.24) is 4.90 Å². The third-order valence-corrected chi connectivity index (χ3v) is 4.65. The Balaban J connectivity index is 1.95. The van der Waals surface area contributed by atoms with Crippen LogP contribution in [0.4, 0.5) is 8.78 Å². The van der Waals surface area contributed by atoms with Crippen LogP contribution in [0.5, 0.6) is 0 Å². The van der Waals surface area contributed by atoms with E-state index >= 15 is 0 Å². The minimum absolute atomic E-state index is 0.144. The molecule has 1 aliphatic carbocycles. The first-order chi connectivity index (χ1) is 9.70. The highest BCUT2D eigenvalue weighted by atomic mass is 19.2. The lowest BCUT2D eigenvalue weighted by Gasteiger charge is -2.35. The normalized spacial score (nSPS) is 28.4. The van der Waals surface area contributed by atoms with Crippen LogP contribution < -0.4 is 5.73 Å². The Morgan fingerprint density at radius 3 is 2.55 bits per heavy atom. The minimum Gasteiger partial charge on any atom is -0.330 e. The summed E-state index contributed by atoms with van der Waals surface area (Å²) in [6.07, 6.45) is 5.86. The lowest BCUT2D eigenvalue weighted by atomic mass is 9.89. The fourth-order valence-corrected chi connectivity index (χ4v) is 3.49. The molecule has 2 nitrogen and oxygen atoms in total. The molecule has 0 radical (unpaired) electrons. The van der Waals surface area contributed by atoms with E-state index in [-0.39, 0.29) is 6.04 Å². The predicted octanol–water partition coefficient (Wildman–Crippen LogP) is 3.23. The smallest absolute Gasteiger partial charge is 0.159 e. The average Bonchev–Trinajstić information content (AvgIpc) is 3.26. The standard InChI is InChI=1S/C16H22F2N2/c17-14-7-4-11(9-15(14)18)16-12(10-19)3-1-2-8-20(16)13-5-6-13/h4,7,9,12-13,16H,1-3,5-6,8,10,19H2. The zero-order chi connectivity index (χ0) is 14.1. The van der Waals surface area contributed by atoms with Gasteiger partial charge in [0.1, 0.15) is 0 Å². The maximum atomic E-state index is 13.6. The molecular weight excluding hydrogens is 258 g/mol. The summed E-state index contributed by atoms with van der Waals surface area (Å²) in [5.74, 6) is -1.19. The molecule has 20 heavy (non-hydrogen) atoms. The van der Waals surface area contributed by atoms with Crippen molar-refractivity contribution in [3.05, 3.63) is 35.4 Å². The van der Waals surface area contributed by atoms with E-state index < -0.39 is 11.6 Å². The molecule has 2 N–H and O–H groups in total. The fourth-order valence-electron chi connectivity index (χ4n) is 3.49. The van der Waals surface area contributed by atoms with Crippen LogP contribution in [-0.2, 0) is 0 Å². The van der Waals surface area contributed by atoms with E-state index in [9.17, 15) is 8.78 Å². The van der Waals surface area contributed by atoms with Crippen molar-refractivity contribution in [3.8, 4) is 0 Å². The van der Waals surface area contributed by atoms with Crippen LogP contribution in [0.25, 0.3) is 0 Å². The quantitative estimate of drug-likeness (QED) is 0.921. The zero-order valence-corrected chi connectivity index (χ0v) is 11.7. The molecular formula is C16H22F2N2. The number of hydrogen-bond acceptors (Lipinski definition) is 2. The minimum atomic E-state index is -0.773. The molecule has 1 aromatic carbocycles. The van der Waals surface area contributed by atoms with E-state index in [1.54, 1.807) is 6.07 Å². The molecule has 2 atom stereocenters. The second-order valence-electron chi connectivity index (χ2n) is 6.08. The van der Waals surface area contributed by atoms with Crippen LogP contribution in [0.15, 0.2) is 18.2 Å². The van der Waals surface area contributed by atoms with Gasteiger partial charge in [0.2, 0.25) is 0 Å². The van der Waals surface area contributed by atoms with Gasteiger partial charge in [-0.3, -0.25) is 4.90 Å². The first kappa shape index (κ1) is 14.0. The zero-order valence-electron chi connectivity index (χ0n) is 11.7. The van der Waals surface area contributed by atoms with Crippen LogP contribution in [0.1, 0.15) is 43.7 Å². The van der Waals surface area contributed by atoms with Crippen LogP contribution in [0.2, 0.25) is 0 Å². The molecule has 1 saturated heterocycles. The average molecular weight is 280 g/mol. The van der Waals surface area contributed by atoms with Crippen molar-refractivity contribution in [2.75, 3.05) is 13.1 Å². The molecule has 1 saturated carbocycles. The van der Waals surface area contributed by atoms with Crippen molar-refractivity contribution >= 4 is 0 Å². The highest BCUT2D eigenvalue weighted by Gasteiger charge is 2.39. The third kappa shape index (κ3) is 2.72. The SMILES string of the molecule is NCC1CCCCN(C2CC2)C1c1ccc(F)c(F)c1. The molecule has 0 spiro atoms. The molecule has 0 aromatic heterocycles. The van der Waals surface area contributed by atoms with Crippen molar-refractivity contribution in [1.29, 1.82) is 0 Å². The van der Waals surface area contributed by atoms with Gasteiger partial charge in [0, 0.05) is 12.1 Å². The number of rotatable bonds is 3. The molecule has 2 fully saturated rings. The molecule has 2 aliphatic rings. The number of hydrogen-bond donors (Lipinski definition) is 1. The number of likely N-dealkylation sites (tertiary alicyclic amines) is 1. The first-order valence-corrected chi connectivity index (χ1v) is 7.61. The van der Waals surface area contributed by atoms with Crippen molar-refractivity contribution in [2.45, 2.75) is 44.2 Å². The molecule has 110 valence electrons. The number of benzene rings is 1. The largest absolute Gasteiger partial charge is 0.330 e. The Labute approximate surface area is 118 Å². The van der Waals surface area contributed by atoms with Gasteiger partial charge in [0.05, 0.1) is 0 Å². The van der Waals surface area contributed by atoms with Crippen molar-refractivity contribution in [3.63, 3.8) is 0 Å². The van der Waals surface area contributed by atoms with Crippen LogP contribution in [-0.4, -0.2) is 24.0 Å². The highest BCUT2D eigenvalue weighted by Crippen LogP contribution is 2.41. The molecule has 0 bridgehead atoms. The topological polar surface area (TPSA) is 29.3 Å². The highest BCUT2D eigenvalue weighted by molar-refractivity contribution is 5.23. The summed E-state index contributed by atoms with van der Waals surface area (Å²) in [5, 5.41) is 0. The summed E-state index contributed by atoms with van der Waals surface area (Å²) in [7, 11) is 0. The second kappa shape index (κ2) is 5.78. The van der Waals surface area contributed by atoms with Gasteiger partial charge in [0.25, 0.3) is 0 Å². The Bertz CT molecular complexity index is 474. The lowest BCUT2D eigenvalue weighted by molar-refractivity contribution is 0.148. The molecule has 1 aliphatic heterocycles. The Morgan fingerprint density at radius 1 is 1.10 bits per heavy atom. The van der Waals surface area contributed by atoms with Gasteiger partial charge in [-0.15, -0.1) is 0 Å². The summed E-state index contributed by atoms with van der Waals surface area (Å²) in [4.78, 5) is 2.48. The van der Waals surface area contributed by atoms with E-state index in [2.05, 4.69) is 4.90 Å². The van der Waals surface area contributed by atoms with Gasteiger partial charge in [-0.2, -0.15) is 0 Å². The second-order valence-corrected chi connectivity index (χ2v) is 6.08. The molecule has 4 heteroatoms. The van der Waals surface area contributed by atoms with Gasteiger partial charge in [-0.05, 0) is 62.4 Å². The number of halogens is 2. The maximum absolute atomic E-state index is 13.6. The summed E-state index contributed by atoms with van der Waals surface area (Å²) in [6, 6.07) is 5.09.